The van der Waals surface area contributed by atoms with Crippen LogP contribution >= 0.6 is 0 Å². The van der Waals surface area contributed by atoms with Gasteiger partial charge in [0.15, 0.2) is 5.82 Å². The third kappa shape index (κ3) is 2.11. The van der Waals surface area contributed by atoms with E-state index in [1.807, 2.05) is 0 Å². The van der Waals surface area contributed by atoms with E-state index < -0.39 is 5.91 Å². The van der Waals surface area contributed by atoms with E-state index in [0.29, 0.717) is 11.5 Å². The van der Waals surface area contributed by atoms with Gasteiger partial charge >= 0.3 is 0 Å². The van der Waals surface area contributed by atoms with E-state index in [1.165, 1.54) is 18.6 Å². The van der Waals surface area contributed by atoms with Crippen molar-refractivity contribution in [1.82, 2.24) is 15.0 Å². The molecule has 0 radical (unpaired) electrons. The molecule has 3 N–H and O–H groups in total. The summed E-state index contributed by atoms with van der Waals surface area (Å²) in [5.41, 5.74) is 6.25. The van der Waals surface area contributed by atoms with Gasteiger partial charge in [-0.05, 0) is 12.1 Å². The highest BCUT2D eigenvalue weighted by Crippen LogP contribution is 2.13. The highest BCUT2D eigenvalue weighted by atomic mass is 16.1. The van der Waals surface area contributed by atoms with Gasteiger partial charge in [-0.25, -0.2) is 9.97 Å². The van der Waals surface area contributed by atoms with E-state index in [4.69, 9.17) is 5.73 Å². The van der Waals surface area contributed by atoms with Crippen LogP contribution < -0.4 is 11.1 Å². The number of nitrogens with one attached hydrogen (secondary N) is 1. The molecule has 80 valence electrons. The molecule has 0 aromatic carbocycles. The van der Waals surface area contributed by atoms with Gasteiger partial charge in [0.25, 0.3) is 5.91 Å². The number of nitrogens with zero attached hydrogens (tertiary/aromatic N) is 3. The summed E-state index contributed by atoms with van der Waals surface area (Å²) in [5.74, 6) is -0.0725. The SMILES string of the molecule is Nc1cccnc1NC(=O)c1cnccn1. The molecule has 1 amide bonds. The first-order valence-corrected chi connectivity index (χ1v) is 4.55. The zero-order valence-corrected chi connectivity index (χ0v) is 8.29. The molecule has 0 aliphatic carbocycles. The Hall–Kier alpha value is -2.50. The molecule has 0 atom stereocenters. The largest absolute Gasteiger partial charge is 0.396 e. The third-order valence-corrected chi connectivity index (χ3v) is 1.87. The molecular formula is C10H9N5O. The average molecular weight is 215 g/mol. The summed E-state index contributed by atoms with van der Waals surface area (Å²) in [7, 11) is 0. The number of amides is 1. The molecule has 2 aromatic rings. The van der Waals surface area contributed by atoms with E-state index in [0.717, 1.165) is 0 Å². The van der Waals surface area contributed by atoms with Gasteiger partial charge < -0.3 is 11.1 Å². The molecular weight excluding hydrogens is 206 g/mol. The van der Waals surface area contributed by atoms with Gasteiger partial charge in [-0.3, -0.25) is 9.78 Å². The molecule has 2 heterocycles. The number of carbonyl (C=O) groups is 1. The molecule has 16 heavy (non-hydrogen) atoms. The van der Waals surface area contributed by atoms with E-state index in [2.05, 4.69) is 20.3 Å². The number of carbonyl (C=O) groups excluding carboxylic acids is 1. The van der Waals surface area contributed by atoms with Gasteiger partial charge in [0.2, 0.25) is 0 Å². The Morgan fingerprint density at radius 1 is 1.25 bits per heavy atom. The molecule has 0 aliphatic rings. The van der Waals surface area contributed by atoms with Crippen LogP contribution in [0, 0.1) is 0 Å². The lowest BCUT2D eigenvalue weighted by atomic mass is 10.3. The Morgan fingerprint density at radius 2 is 2.12 bits per heavy atom. The van der Waals surface area contributed by atoms with Crippen molar-refractivity contribution < 1.29 is 4.79 Å². The van der Waals surface area contributed by atoms with Crippen molar-refractivity contribution in [3.8, 4) is 0 Å². The first-order valence-electron chi connectivity index (χ1n) is 4.55. The van der Waals surface area contributed by atoms with Gasteiger partial charge in [0.05, 0.1) is 11.9 Å². The number of anilines is 2. The van der Waals surface area contributed by atoms with Crippen molar-refractivity contribution >= 4 is 17.4 Å². The molecule has 6 nitrogen and oxygen atoms in total. The lowest BCUT2D eigenvalue weighted by Gasteiger charge is -2.05. The standard InChI is InChI=1S/C10H9N5O/c11-7-2-1-3-14-9(7)15-10(16)8-6-12-4-5-13-8/h1-6H,11H2,(H,14,15,16). The zero-order chi connectivity index (χ0) is 11.4. The topological polar surface area (TPSA) is 93.8 Å². The van der Waals surface area contributed by atoms with Crippen molar-refractivity contribution in [2.75, 3.05) is 11.1 Å². The number of pyridine rings is 1. The fourth-order valence-electron chi connectivity index (χ4n) is 1.11. The Kier molecular flexibility index (Phi) is 2.73. The number of nitrogen functional groups attached to an aromatic ring is 1. The molecule has 0 spiro atoms. The van der Waals surface area contributed by atoms with Crippen LogP contribution in [-0.2, 0) is 0 Å². The maximum atomic E-state index is 11.7. The van der Waals surface area contributed by atoms with Crippen molar-refractivity contribution in [1.29, 1.82) is 0 Å². The van der Waals surface area contributed by atoms with Crippen molar-refractivity contribution in [2.45, 2.75) is 0 Å². The smallest absolute Gasteiger partial charge is 0.277 e. The maximum absolute atomic E-state index is 11.7. The van der Waals surface area contributed by atoms with Crippen LogP contribution in [0.3, 0.4) is 0 Å². The highest BCUT2D eigenvalue weighted by Gasteiger charge is 2.09. The summed E-state index contributed by atoms with van der Waals surface area (Å²) in [4.78, 5) is 23.3. The Bertz CT molecular complexity index is 500. The number of aromatic nitrogens is 3. The van der Waals surface area contributed by atoms with E-state index in [1.54, 1.807) is 18.3 Å². The van der Waals surface area contributed by atoms with Crippen LogP contribution in [-0.4, -0.2) is 20.9 Å². The first kappa shape index (κ1) is 10.0. The highest BCUT2D eigenvalue weighted by molar-refractivity contribution is 6.03. The fraction of sp³-hybridized carbons (Fsp3) is 0. The summed E-state index contributed by atoms with van der Waals surface area (Å²) in [6.07, 6.45) is 5.85. The van der Waals surface area contributed by atoms with Crippen LogP contribution in [0.1, 0.15) is 10.5 Å². The Morgan fingerprint density at radius 3 is 2.81 bits per heavy atom. The summed E-state index contributed by atoms with van der Waals surface area (Å²) in [6.45, 7) is 0. The van der Waals surface area contributed by atoms with Crippen LogP contribution in [0.4, 0.5) is 11.5 Å². The molecule has 0 fully saturated rings. The van der Waals surface area contributed by atoms with E-state index >= 15 is 0 Å². The second-order valence-electron chi connectivity index (χ2n) is 2.99. The van der Waals surface area contributed by atoms with Crippen LogP contribution in [0.2, 0.25) is 0 Å². The normalized spacial score (nSPS) is 9.75. The van der Waals surface area contributed by atoms with Crippen molar-refractivity contribution in [3.05, 3.63) is 42.6 Å². The van der Waals surface area contributed by atoms with Crippen molar-refractivity contribution in [2.24, 2.45) is 0 Å². The number of rotatable bonds is 2. The minimum absolute atomic E-state index is 0.215. The van der Waals surface area contributed by atoms with Crippen LogP contribution in [0.15, 0.2) is 36.9 Å². The molecule has 6 heteroatoms. The molecule has 0 aliphatic heterocycles. The monoisotopic (exact) mass is 215 g/mol. The predicted molar refractivity (Wildman–Crippen MR) is 58.6 cm³/mol. The molecule has 0 saturated carbocycles. The third-order valence-electron chi connectivity index (χ3n) is 1.87. The second kappa shape index (κ2) is 4.35. The Balaban J connectivity index is 2.18. The van der Waals surface area contributed by atoms with Gasteiger partial charge in [-0.1, -0.05) is 0 Å². The van der Waals surface area contributed by atoms with Crippen LogP contribution in [0.25, 0.3) is 0 Å². The lowest BCUT2D eigenvalue weighted by Crippen LogP contribution is -2.15. The van der Waals surface area contributed by atoms with Crippen molar-refractivity contribution in [3.63, 3.8) is 0 Å². The summed E-state index contributed by atoms with van der Waals surface area (Å²) < 4.78 is 0. The number of nitrogens with two attached hydrogens (primary N) is 1. The quantitative estimate of drug-likeness (QED) is 0.769. The zero-order valence-electron chi connectivity index (χ0n) is 8.29. The van der Waals surface area contributed by atoms with Gasteiger partial charge in [-0.2, -0.15) is 0 Å². The molecule has 2 rings (SSSR count). The fourth-order valence-corrected chi connectivity index (χ4v) is 1.11. The minimum Gasteiger partial charge on any atom is -0.396 e. The van der Waals surface area contributed by atoms with E-state index in [-0.39, 0.29) is 5.69 Å². The molecule has 0 saturated heterocycles. The predicted octanol–water partition coefficient (Wildman–Crippen LogP) is 0.706. The minimum atomic E-state index is -0.390. The number of hydrogen-bond acceptors (Lipinski definition) is 5. The summed E-state index contributed by atoms with van der Waals surface area (Å²) >= 11 is 0. The average Bonchev–Trinajstić information content (AvgIpc) is 2.33. The number of hydrogen-bond donors (Lipinski definition) is 2. The lowest BCUT2D eigenvalue weighted by molar-refractivity contribution is 0.102. The van der Waals surface area contributed by atoms with E-state index in [9.17, 15) is 4.79 Å². The molecule has 0 bridgehead atoms. The summed E-state index contributed by atoms with van der Waals surface area (Å²) in [6, 6.07) is 3.34. The summed E-state index contributed by atoms with van der Waals surface area (Å²) in [5, 5.41) is 2.55. The van der Waals surface area contributed by atoms with Crippen LogP contribution in [0.5, 0.6) is 0 Å². The van der Waals surface area contributed by atoms with Gasteiger partial charge in [-0.15, -0.1) is 0 Å². The van der Waals surface area contributed by atoms with Gasteiger partial charge in [0.1, 0.15) is 5.69 Å². The second-order valence-corrected chi connectivity index (χ2v) is 2.99. The van der Waals surface area contributed by atoms with Gasteiger partial charge in [0, 0.05) is 18.6 Å². The molecule has 0 unspecified atom stereocenters. The Labute approximate surface area is 91.6 Å². The first-order chi connectivity index (χ1) is 7.77. The maximum Gasteiger partial charge on any atom is 0.277 e. The molecule has 2 aromatic heterocycles.